The molecule has 2 amide bonds. The predicted molar refractivity (Wildman–Crippen MR) is 113 cm³/mol. The van der Waals surface area contributed by atoms with Gasteiger partial charge in [-0.2, -0.15) is 0 Å². The molecular weight excluding hydrogens is 414 g/mol. The zero-order valence-electron chi connectivity index (χ0n) is 18.5. The molecule has 1 aromatic carbocycles. The van der Waals surface area contributed by atoms with E-state index < -0.39 is 29.8 Å². The van der Waals surface area contributed by atoms with Gasteiger partial charge in [0.15, 0.2) is 0 Å². The fourth-order valence-electron chi connectivity index (χ4n) is 6.08. The van der Waals surface area contributed by atoms with Crippen LogP contribution in [0.3, 0.4) is 0 Å². The average molecular weight is 444 g/mol. The molecule has 2 N–H and O–H groups in total. The maximum absolute atomic E-state index is 12.9. The first kappa shape index (κ1) is 21.2. The van der Waals surface area contributed by atoms with Gasteiger partial charge < -0.3 is 19.5 Å². The predicted octanol–water partition coefficient (Wildman–Crippen LogP) is 2.18. The van der Waals surface area contributed by atoms with Crippen LogP contribution in [-0.4, -0.2) is 81.8 Å². The minimum atomic E-state index is -1.78. The number of amides is 2. The Morgan fingerprint density at radius 2 is 2.16 bits per heavy atom. The lowest BCUT2D eigenvalue weighted by Crippen LogP contribution is -2.62. The van der Waals surface area contributed by atoms with Crippen LogP contribution in [0.25, 0.3) is 0 Å². The molecular formula is C23H29N3O6. The molecule has 1 fully saturated rings. The van der Waals surface area contributed by atoms with Gasteiger partial charge in [-0.25, -0.2) is 9.86 Å². The Morgan fingerprint density at radius 3 is 2.81 bits per heavy atom. The molecule has 9 heteroatoms. The van der Waals surface area contributed by atoms with Crippen LogP contribution in [0.5, 0.6) is 5.75 Å². The summed E-state index contributed by atoms with van der Waals surface area (Å²) in [6, 6.07) is 4.91. The van der Waals surface area contributed by atoms with Crippen molar-refractivity contribution in [1.82, 2.24) is 14.9 Å². The van der Waals surface area contributed by atoms with Gasteiger partial charge in [0.2, 0.25) is 5.72 Å². The van der Waals surface area contributed by atoms with Gasteiger partial charge in [-0.15, -0.1) is 0 Å². The molecule has 1 saturated heterocycles. The molecule has 2 unspecified atom stereocenters. The first-order valence-corrected chi connectivity index (χ1v) is 11.0. The third kappa shape index (κ3) is 2.74. The first-order valence-electron chi connectivity index (χ1n) is 11.0. The van der Waals surface area contributed by atoms with E-state index in [1.165, 1.54) is 18.2 Å². The summed E-state index contributed by atoms with van der Waals surface area (Å²) in [7, 11) is 3.41. The van der Waals surface area contributed by atoms with Crippen LogP contribution in [0.15, 0.2) is 30.4 Å². The highest BCUT2D eigenvalue weighted by molar-refractivity contribution is 5.90. The largest absolute Gasteiger partial charge is 0.489 e. The molecule has 1 spiro atoms. The summed E-state index contributed by atoms with van der Waals surface area (Å²) < 4.78 is 11.9. The van der Waals surface area contributed by atoms with Crippen LogP contribution in [0.2, 0.25) is 0 Å². The van der Waals surface area contributed by atoms with E-state index in [1.807, 2.05) is 18.2 Å². The SMILES string of the molecule is COC1(N(C(=O)O)[C@H]2C=C[C@@]34CCN(C)Cc5cccc(c53)O[C@H]4C2)CC(C)N(O)C1=O. The Labute approximate surface area is 186 Å². The normalized spacial score (nSPS) is 35.8. The monoisotopic (exact) mass is 443 g/mol. The van der Waals surface area contributed by atoms with Crippen molar-refractivity contribution in [2.24, 2.45) is 0 Å². The topological polar surface area (TPSA) is 103 Å². The first-order chi connectivity index (χ1) is 15.2. The van der Waals surface area contributed by atoms with Gasteiger partial charge >= 0.3 is 6.09 Å². The minimum absolute atomic E-state index is 0.0430. The van der Waals surface area contributed by atoms with Gasteiger partial charge in [-0.1, -0.05) is 24.3 Å². The van der Waals surface area contributed by atoms with Gasteiger partial charge in [-0.05, 0) is 38.6 Å². The van der Waals surface area contributed by atoms with E-state index in [1.54, 1.807) is 6.92 Å². The number of hydrogen-bond acceptors (Lipinski definition) is 6. The lowest BCUT2D eigenvalue weighted by atomic mass is 9.68. The molecule has 4 aliphatic rings. The van der Waals surface area contributed by atoms with E-state index in [-0.39, 0.29) is 17.9 Å². The highest BCUT2D eigenvalue weighted by Crippen LogP contribution is 2.53. The molecule has 0 radical (unpaired) electrons. The van der Waals surface area contributed by atoms with Crippen molar-refractivity contribution in [2.45, 2.75) is 62.1 Å². The summed E-state index contributed by atoms with van der Waals surface area (Å²) in [5, 5.41) is 20.9. The van der Waals surface area contributed by atoms with Gasteiger partial charge in [-0.3, -0.25) is 14.9 Å². The number of methoxy groups -OCH3 is 1. The fourth-order valence-corrected chi connectivity index (χ4v) is 6.08. The number of benzene rings is 1. The standard InChI is InChI=1S/C23H29N3O6/c1-14-12-23(31-3,20(27)26(14)30)25(21(28)29)16-7-8-22-9-10-24(2)13-15-5-4-6-17(19(15)22)32-18(22)11-16/h4-8,14,16,18,30H,9-13H2,1-3H3,(H,28,29)/t14?,16-,18-,22-,23?/m0/s1. The maximum atomic E-state index is 12.9. The van der Waals surface area contributed by atoms with Gasteiger partial charge in [0.1, 0.15) is 11.9 Å². The van der Waals surface area contributed by atoms with Gasteiger partial charge in [0, 0.05) is 32.1 Å². The van der Waals surface area contributed by atoms with Crippen LogP contribution in [0.1, 0.15) is 37.3 Å². The third-order valence-electron chi connectivity index (χ3n) is 7.64. The number of rotatable bonds is 3. The molecule has 1 aromatic rings. The third-order valence-corrected chi connectivity index (χ3v) is 7.64. The quantitative estimate of drug-likeness (QED) is 0.419. The van der Waals surface area contributed by atoms with Crippen LogP contribution in [-0.2, 0) is 21.5 Å². The number of carbonyl (C=O) groups excluding carboxylic acids is 1. The second-order valence-electron chi connectivity index (χ2n) is 9.43. The molecule has 3 aliphatic heterocycles. The Morgan fingerprint density at radius 1 is 1.38 bits per heavy atom. The van der Waals surface area contributed by atoms with E-state index in [4.69, 9.17) is 9.47 Å². The van der Waals surface area contributed by atoms with Gasteiger partial charge in [0.05, 0.1) is 17.5 Å². The second kappa shape index (κ2) is 7.19. The zero-order valence-corrected chi connectivity index (χ0v) is 18.5. The van der Waals surface area contributed by atoms with Crippen molar-refractivity contribution in [3.8, 4) is 5.75 Å². The molecule has 3 heterocycles. The molecule has 0 bridgehead atoms. The number of hydroxylamine groups is 2. The van der Waals surface area contributed by atoms with Crippen LogP contribution >= 0.6 is 0 Å². The van der Waals surface area contributed by atoms with E-state index in [0.717, 1.165) is 30.2 Å². The maximum Gasteiger partial charge on any atom is 0.410 e. The van der Waals surface area contributed by atoms with Crippen LogP contribution in [0.4, 0.5) is 4.79 Å². The number of carboxylic acid groups (broad SMARTS) is 1. The fraction of sp³-hybridized carbons (Fsp3) is 0.565. The summed E-state index contributed by atoms with van der Waals surface area (Å²) in [4.78, 5) is 28.7. The Hall–Kier alpha value is -2.62. The smallest absolute Gasteiger partial charge is 0.410 e. The van der Waals surface area contributed by atoms with Crippen molar-refractivity contribution in [1.29, 1.82) is 0 Å². The second-order valence-corrected chi connectivity index (χ2v) is 9.43. The lowest BCUT2D eigenvalue weighted by molar-refractivity contribution is -0.191. The number of carbonyl (C=O) groups is 2. The lowest BCUT2D eigenvalue weighted by Gasteiger charge is -2.44. The van der Waals surface area contributed by atoms with Crippen molar-refractivity contribution >= 4 is 12.0 Å². The molecule has 32 heavy (non-hydrogen) atoms. The molecule has 0 saturated carbocycles. The summed E-state index contributed by atoms with van der Waals surface area (Å²) in [5.41, 5.74) is 0.319. The van der Waals surface area contributed by atoms with Crippen LogP contribution in [0, 0.1) is 0 Å². The number of hydrogen-bond donors (Lipinski definition) is 2. The number of ether oxygens (including phenoxy) is 2. The summed E-state index contributed by atoms with van der Waals surface area (Å²) in [5.74, 6) is 0.0844. The molecule has 0 aromatic heterocycles. The zero-order chi connectivity index (χ0) is 22.8. The Bertz CT molecular complexity index is 998. The van der Waals surface area contributed by atoms with E-state index in [0.29, 0.717) is 11.5 Å². The van der Waals surface area contributed by atoms with E-state index >= 15 is 0 Å². The van der Waals surface area contributed by atoms with E-state index in [2.05, 4.69) is 24.1 Å². The summed E-state index contributed by atoms with van der Waals surface area (Å²) in [6.07, 6.45) is 3.73. The molecule has 5 rings (SSSR count). The molecule has 172 valence electrons. The average Bonchev–Trinajstić information content (AvgIpc) is 3.14. The molecule has 9 nitrogen and oxygen atoms in total. The van der Waals surface area contributed by atoms with Crippen molar-refractivity contribution in [2.75, 3.05) is 20.7 Å². The summed E-state index contributed by atoms with van der Waals surface area (Å²) >= 11 is 0. The van der Waals surface area contributed by atoms with Crippen molar-refractivity contribution in [3.05, 3.63) is 41.5 Å². The Kier molecular flexibility index (Phi) is 4.77. The number of nitrogens with zero attached hydrogens (tertiary/aromatic N) is 3. The minimum Gasteiger partial charge on any atom is -0.489 e. The van der Waals surface area contributed by atoms with Crippen LogP contribution < -0.4 is 4.74 Å². The van der Waals surface area contributed by atoms with E-state index in [9.17, 15) is 19.9 Å². The van der Waals surface area contributed by atoms with Crippen molar-refractivity contribution < 1.29 is 29.4 Å². The van der Waals surface area contributed by atoms with Gasteiger partial charge in [0.25, 0.3) is 5.91 Å². The van der Waals surface area contributed by atoms with Crippen molar-refractivity contribution in [3.63, 3.8) is 0 Å². The molecule has 1 aliphatic carbocycles. The molecule has 5 atom stereocenters. The summed E-state index contributed by atoms with van der Waals surface area (Å²) in [6.45, 7) is 3.39. The highest BCUT2D eigenvalue weighted by atomic mass is 16.6. The highest BCUT2D eigenvalue weighted by Gasteiger charge is 2.60. The Balaban J connectivity index is 1.55.